The van der Waals surface area contributed by atoms with Gasteiger partial charge in [-0.3, -0.25) is 4.90 Å². The van der Waals surface area contributed by atoms with Crippen molar-refractivity contribution in [1.29, 1.82) is 0 Å². The van der Waals surface area contributed by atoms with Crippen LogP contribution in [0.3, 0.4) is 0 Å². The summed E-state index contributed by atoms with van der Waals surface area (Å²) in [7, 11) is 0. The first-order valence-electron chi connectivity index (χ1n) is 7.16. The summed E-state index contributed by atoms with van der Waals surface area (Å²) in [5.74, 6) is 0.863. The second kappa shape index (κ2) is 5.72. The molecule has 3 rings (SSSR count). The fraction of sp³-hybridized carbons (Fsp3) is 0.412. The van der Waals surface area contributed by atoms with E-state index in [1.54, 1.807) is 0 Å². The molecular formula is C17H21NO. The predicted octanol–water partition coefficient (Wildman–Crippen LogP) is 3.04. The minimum atomic E-state index is 0.248. The molecule has 0 unspecified atom stereocenters. The number of aliphatic hydroxyl groups is 1. The summed E-state index contributed by atoms with van der Waals surface area (Å²) in [6.07, 6.45) is 2.72. The summed E-state index contributed by atoms with van der Waals surface area (Å²) in [6.45, 7) is 3.10. The van der Waals surface area contributed by atoms with Crippen LogP contribution in [0.15, 0.2) is 42.5 Å². The van der Waals surface area contributed by atoms with Crippen LogP contribution in [0.4, 0.5) is 0 Å². The highest BCUT2D eigenvalue weighted by Crippen LogP contribution is 2.30. The molecule has 2 aromatic carbocycles. The molecule has 1 fully saturated rings. The fourth-order valence-electron chi connectivity index (χ4n) is 2.71. The molecule has 2 heteroatoms. The van der Waals surface area contributed by atoms with Crippen LogP contribution in [-0.2, 0) is 6.54 Å². The van der Waals surface area contributed by atoms with Crippen LogP contribution >= 0.6 is 0 Å². The van der Waals surface area contributed by atoms with Gasteiger partial charge in [0.25, 0.3) is 0 Å². The van der Waals surface area contributed by atoms with Gasteiger partial charge in [-0.15, -0.1) is 0 Å². The molecule has 1 saturated carbocycles. The first-order valence-corrected chi connectivity index (χ1v) is 7.16. The Bertz CT molecular complexity index is 542. The highest BCUT2D eigenvalue weighted by Gasteiger charge is 2.24. The Morgan fingerprint density at radius 2 is 1.84 bits per heavy atom. The predicted molar refractivity (Wildman–Crippen MR) is 79.0 cm³/mol. The standard InChI is InChI=1S/C17H21NO/c19-11-10-18(12-14-8-9-14)13-16-6-3-5-15-4-1-2-7-17(15)16/h1-7,14,19H,8-13H2. The van der Waals surface area contributed by atoms with Crippen LogP contribution in [0.2, 0.25) is 0 Å². The number of nitrogens with zero attached hydrogens (tertiary/aromatic N) is 1. The SMILES string of the molecule is OCCN(Cc1cccc2ccccc12)CC1CC1. The molecule has 1 N–H and O–H groups in total. The number of rotatable bonds is 6. The van der Waals surface area contributed by atoms with Crippen molar-refractivity contribution in [2.75, 3.05) is 19.7 Å². The molecule has 0 heterocycles. The Morgan fingerprint density at radius 3 is 2.63 bits per heavy atom. The van der Waals surface area contributed by atoms with Crippen molar-refractivity contribution in [2.45, 2.75) is 19.4 Å². The van der Waals surface area contributed by atoms with Crippen molar-refractivity contribution in [3.05, 3.63) is 48.0 Å². The Labute approximate surface area is 114 Å². The van der Waals surface area contributed by atoms with E-state index in [0.29, 0.717) is 0 Å². The molecule has 0 atom stereocenters. The minimum Gasteiger partial charge on any atom is -0.395 e. The van der Waals surface area contributed by atoms with E-state index in [1.165, 1.54) is 29.2 Å². The van der Waals surface area contributed by atoms with E-state index < -0.39 is 0 Å². The van der Waals surface area contributed by atoms with E-state index in [1.807, 2.05) is 0 Å². The van der Waals surface area contributed by atoms with Crippen LogP contribution in [0.5, 0.6) is 0 Å². The van der Waals surface area contributed by atoms with E-state index in [4.69, 9.17) is 0 Å². The number of aliphatic hydroxyl groups excluding tert-OH is 1. The van der Waals surface area contributed by atoms with Gasteiger partial charge in [-0.05, 0) is 35.1 Å². The monoisotopic (exact) mass is 255 g/mol. The molecule has 0 aromatic heterocycles. The van der Waals surface area contributed by atoms with E-state index >= 15 is 0 Å². The molecule has 0 aliphatic heterocycles. The van der Waals surface area contributed by atoms with Gasteiger partial charge >= 0.3 is 0 Å². The summed E-state index contributed by atoms with van der Waals surface area (Å²) in [4.78, 5) is 2.39. The van der Waals surface area contributed by atoms with E-state index in [-0.39, 0.29) is 6.61 Å². The lowest BCUT2D eigenvalue weighted by molar-refractivity contribution is 0.185. The molecule has 0 radical (unpaired) electrons. The van der Waals surface area contributed by atoms with Gasteiger partial charge in [-0.1, -0.05) is 42.5 Å². The third kappa shape index (κ3) is 3.14. The number of benzene rings is 2. The maximum absolute atomic E-state index is 9.22. The first-order chi connectivity index (χ1) is 9.36. The number of hydrogen-bond acceptors (Lipinski definition) is 2. The second-order valence-electron chi connectivity index (χ2n) is 5.54. The molecular weight excluding hydrogens is 234 g/mol. The lowest BCUT2D eigenvalue weighted by atomic mass is 10.0. The summed E-state index contributed by atoms with van der Waals surface area (Å²) in [5.41, 5.74) is 1.37. The molecule has 0 amide bonds. The summed E-state index contributed by atoms with van der Waals surface area (Å²) in [6, 6.07) is 15.0. The zero-order valence-electron chi connectivity index (χ0n) is 11.3. The van der Waals surface area contributed by atoms with Crippen LogP contribution in [-0.4, -0.2) is 29.7 Å². The molecule has 100 valence electrons. The van der Waals surface area contributed by atoms with Gasteiger partial charge in [0.05, 0.1) is 6.61 Å². The van der Waals surface area contributed by atoms with Gasteiger partial charge in [0.15, 0.2) is 0 Å². The third-order valence-corrected chi connectivity index (χ3v) is 3.90. The average Bonchev–Trinajstić information content (AvgIpc) is 3.23. The number of hydrogen-bond donors (Lipinski definition) is 1. The van der Waals surface area contributed by atoms with Crippen molar-refractivity contribution in [3.63, 3.8) is 0 Å². The molecule has 1 aliphatic rings. The molecule has 0 spiro atoms. The van der Waals surface area contributed by atoms with Gasteiger partial charge in [-0.25, -0.2) is 0 Å². The van der Waals surface area contributed by atoms with E-state index in [9.17, 15) is 5.11 Å². The van der Waals surface area contributed by atoms with Crippen LogP contribution in [0.1, 0.15) is 18.4 Å². The van der Waals surface area contributed by atoms with Gasteiger partial charge in [0, 0.05) is 19.6 Å². The molecule has 2 aromatic rings. The smallest absolute Gasteiger partial charge is 0.0558 e. The largest absolute Gasteiger partial charge is 0.395 e. The lowest BCUT2D eigenvalue weighted by Gasteiger charge is -2.22. The zero-order chi connectivity index (χ0) is 13.1. The fourth-order valence-corrected chi connectivity index (χ4v) is 2.71. The molecule has 1 aliphatic carbocycles. The molecule has 2 nitrogen and oxygen atoms in total. The van der Waals surface area contributed by atoms with Gasteiger partial charge in [0.2, 0.25) is 0 Å². The third-order valence-electron chi connectivity index (χ3n) is 3.90. The lowest BCUT2D eigenvalue weighted by Crippen LogP contribution is -2.28. The van der Waals surface area contributed by atoms with Crippen LogP contribution in [0, 0.1) is 5.92 Å². The van der Waals surface area contributed by atoms with Crippen LogP contribution in [0.25, 0.3) is 10.8 Å². The van der Waals surface area contributed by atoms with E-state index in [0.717, 1.165) is 25.6 Å². The first kappa shape index (κ1) is 12.6. The molecule has 19 heavy (non-hydrogen) atoms. The highest BCUT2D eigenvalue weighted by molar-refractivity contribution is 5.85. The van der Waals surface area contributed by atoms with Crippen molar-refractivity contribution in [3.8, 4) is 0 Å². The molecule has 0 saturated heterocycles. The summed E-state index contributed by atoms with van der Waals surface area (Å²) >= 11 is 0. The Hall–Kier alpha value is -1.38. The quantitative estimate of drug-likeness (QED) is 0.857. The van der Waals surface area contributed by atoms with Crippen molar-refractivity contribution in [2.24, 2.45) is 5.92 Å². The van der Waals surface area contributed by atoms with Gasteiger partial charge < -0.3 is 5.11 Å². The molecule has 0 bridgehead atoms. The Kier molecular flexibility index (Phi) is 3.81. The van der Waals surface area contributed by atoms with Gasteiger partial charge in [-0.2, -0.15) is 0 Å². The minimum absolute atomic E-state index is 0.248. The average molecular weight is 255 g/mol. The van der Waals surface area contributed by atoms with Gasteiger partial charge in [0.1, 0.15) is 0 Å². The topological polar surface area (TPSA) is 23.5 Å². The maximum Gasteiger partial charge on any atom is 0.0558 e. The normalized spacial score (nSPS) is 15.3. The highest BCUT2D eigenvalue weighted by atomic mass is 16.3. The summed E-state index contributed by atoms with van der Waals surface area (Å²) < 4.78 is 0. The summed E-state index contributed by atoms with van der Waals surface area (Å²) in [5, 5.41) is 11.9. The van der Waals surface area contributed by atoms with E-state index in [2.05, 4.69) is 47.4 Å². The van der Waals surface area contributed by atoms with Crippen molar-refractivity contribution in [1.82, 2.24) is 4.90 Å². The van der Waals surface area contributed by atoms with Crippen molar-refractivity contribution < 1.29 is 5.11 Å². The van der Waals surface area contributed by atoms with Crippen molar-refractivity contribution >= 4 is 10.8 Å². The Balaban J connectivity index is 1.81. The number of fused-ring (bicyclic) bond motifs is 1. The van der Waals surface area contributed by atoms with Crippen LogP contribution < -0.4 is 0 Å². The zero-order valence-corrected chi connectivity index (χ0v) is 11.3. The maximum atomic E-state index is 9.22. The second-order valence-corrected chi connectivity index (χ2v) is 5.54. The Morgan fingerprint density at radius 1 is 1.05 bits per heavy atom.